The van der Waals surface area contributed by atoms with Crippen LogP contribution in [0.25, 0.3) is 10.2 Å². The number of aromatic nitrogens is 1. The molecule has 0 saturated carbocycles. The van der Waals surface area contributed by atoms with Gasteiger partial charge in [-0.1, -0.05) is 0 Å². The maximum absolute atomic E-state index is 11.6. The predicted octanol–water partition coefficient (Wildman–Crippen LogP) is 1.73. The van der Waals surface area contributed by atoms with Gasteiger partial charge in [0.25, 0.3) is 6.92 Å². The van der Waals surface area contributed by atoms with E-state index in [1.54, 1.807) is 18.3 Å². The van der Waals surface area contributed by atoms with E-state index in [0.717, 1.165) is 53.2 Å². The van der Waals surface area contributed by atoms with Crippen LogP contribution >= 0.6 is 11.3 Å². The third kappa shape index (κ3) is 5.90. The average Bonchev–Trinajstić information content (AvgIpc) is 3.00. The van der Waals surface area contributed by atoms with Gasteiger partial charge in [-0.3, -0.25) is 4.79 Å². The number of nitrogens with two attached hydrogens (primary N) is 1. The van der Waals surface area contributed by atoms with Gasteiger partial charge in [0.1, 0.15) is 12.4 Å². The highest BCUT2D eigenvalue weighted by atomic mass is 32.1. The number of nitrogens with zero attached hydrogens (tertiary/aromatic N) is 2. The SMILES string of the molecule is CC(=O)NC(COc1ccc2sc(C)nc2c1)CN1CCB(OCN)CC1. The first-order chi connectivity index (χ1) is 13.0. The lowest BCUT2D eigenvalue weighted by Crippen LogP contribution is -2.49. The number of aryl methyl sites for hydroxylation is 1. The summed E-state index contributed by atoms with van der Waals surface area (Å²) in [6, 6.07) is 5.88. The Kier molecular flexibility index (Phi) is 7.06. The number of carbonyl (C=O) groups excluding carboxylic acids is 1. The Morgan fingerprint density at radius 2 is 2.22 bits per heavy atom. The summed E-state index contributed by atoms with van der Waals surface area (Å²) in [5.74, 6) is 0.730. The van der Waals surface area contributed by atoms with Gasteiger partial charge in [-0.05, 0) is 44.8 Å². The summed E-state index contributed by atoms with van der Waals surface area (Å²) in [4.78, 5) is 18.4. The molecule has 1 aliphatic rings. The molecule has 2 aromatic rings. The van der Waals surface area contributed by atoms with E-state index in [0.29, 0.717) is 6.61 Å². The van der Waals surface area contributed by atoms with Crippen LogP contribution in [0.15, 0.2) is 18.2 Å². The Bertz CT molecular complexity index is 764. The highest BCUT2D eigenvalue weighted by Gasteiger charge is 2.25. The minimum atomic E-state index is -0.0673. The second-order valence-electron chi connectivity index (χ2n) is 6.90. The van der Waals surface area contributed by atoms with Crippen LogP contribution < -0.4 is 15.8 Å². The molecule has 1 saturated heterocycles. The fourth-order valence-corrected chi connectivity index (χ4v) is 4.25. The molecule has 27 heavy (non-hydrogen) atoms. The molecule has 3 N–H and O–H groups in total. The summed E-state index contributed by atoms with van der Waals surface area (Å²) in [6.45, 7) is 7.11. The Morgan fingerprint density at radius 1 is 1.44 bits per heavy atom. The first-order valence-electron chi connectivity index (χ1n) is 9.34. The summed E-state index contributed by atoms with van der Waals surface area (Å²) in [5, 5.41) is 4.05. The molecule has 1 fully saturated rings. The number of ether oxygens (including phenoxy) is 1. The summed E-state index contributed by atoms with van der Waals surface area (Å²) in [5.41, 5.74) is 6.41. The summed E-state index contributed by atoms with van der Waals surface area (Å²) < 4.78 is 12.6. The zero-order valence-electron chi connectivity index (χ0n) is 15.9. The fraction of sp³-hybridized carbons (Fsp3) is 0.556. The Morgan fingerprint density at radius 3 is 2.93 bits per heavy atom. The molecule has 0 radical (unpaired) electrons. The maximum atomic E-state index is 11.6. The number of hydrogen-bond donors (Lipinski definition) is 2. The van der Waals surface area contributed by atoms with Crippen molar-refractivity contribution < 1.29 is 14.2 Å². The van der Waals surface area contributed by atoms with E-state index in [4.69, 9.17) is 15.1 Å². The lowest BCUT2D eigenvalue weighted by Gasteiger charge is -2.32. The van der Waals surface area contributed by atoms with Crippen molar-refractivity contribution in [3.63, 3.8) is 0 Å². The topological polar surface area (TPSA) is 89.7 Å². The first kappa shape index (κ1) is 20.1. The number of rotatable bonds is 8. The molecular formula is C18H27BN4O3S. The van der Waals surface area contributed by atoms with Gasteiger partial charge in [0.2, 0.25) is 5.91 Å². The molecule has 1 aromatic carbocycles. The van der Waals surface area contributed by atoms with Crippen molar-refractivity contribution in [3.05, 3.63) is 23.2 Å². The Labute approximate surface area is 164 Å². The zero-order chi connectivity index (χ0) is 19.2. The lowest BCUT2D eigenvalue weighted by molar-refractivity contribution is -0.120. The second kappa shape index (κ2) is 9.50. The predicted molar refractivity (Wildman–Crippen MR) is 109 cm³/mol. The zero-order valence-corrected chi connectivity index (χ0v) is 16.8. The molecule has 1 aliphatic heterocycles. The molecule has 0 aliphatic carbocycles. The molecule has 7 nitrogen and oxygen atoms in total. The highest BCUT2D eigenvalue weighted by Crippen LogP contribution is 2.25. The van der Waals surface area contributed by atoms with Gasteiger partial charge in [0.05, 0.1) is 28.0 Å². The van der Waals surface area contributed by atoms with Gasteiger partial charge in [0, 0.05) is 19.5 Å². The van der Waals surface area contributed by atoms with Crippen molar-refractivity contribution in [1.29, 1.82) is 0 Å². The molecule has 0 spiro atoms. The van der Waals surface area contributed by atoms with Crippen LogP contribution in [0.5, 0.6) is 5.75 Å². The lowest BCUT2D eigenvalue weighted by atomic mass is 9.59. The van der Waals surface area contributed by atoms with E-state index in [-0.39, 0.29) is 25.6 Å². The van der Waals surface area contributed by atoms with Crippen molar-refractivity contribution in [2.24, 2.45) is 5.73 Å². The van der Waals surface area contributed by atoms with E-state index < -0.39 is 0 Å². The van der Waals surface area contributed by atoms with Crippen molar-refractivity contribution >= 4 is 34.4 Å². The van der Waals surface area contributed by atoms with Gasteiger partial charge >= 0.3 is 0 Å². The van der Waals surface area contributed by atoms with Crippen LogP contribution in [0.1, 0.15) is 11.9 Å². The van der Waals surface area contributed by atoms with E-state index >= 15 is 0 Å². The number of hydrogen-bond acceptors (Lipinski definition) is 7. The Balaban J connectivity index is 1.55. The minimum Gasteiger partial charge on any atom is -0.491 e. The van der Waals surface area contributed by atoms with Crippen LogP contribution in [0.2, 0.25) is 12.6 Å². The fourth-order valence-electron chi connectivity index (χ4n) is 3.44. The van der Waals surface area contributed by atoms with Crippen molar-refractivity contribution in [1.82, 2.24) is 15.2 Å². The normalized spacial score (nSPS) is 16.5. The molecule has 0 bridgehead atoms. The molecule has 1 atom stereocenters. The van der Waals surface area contributed by atoms with Crippen LogP contribution in [0.4, 0.5) is 0 Å². The molecule has 1 aromatic heterocycles. The standard InChI is InChI=1S/C18H27BN4O3S/c1-13(24)21-15(10-23-7-5-19(6-8-23)26-12-20)11-25-16-3-4-18-17(9-16)22-14(2)27-18/h3-4,9,15H,5-8,10-12,20H2,1-2H3,(H,21,24). The molecule has 1 amide bonds. The van der Waals surface area contributed by atoms with Crippen molar-refractivity contribution in [3.8, 4) is 5.75 Å². The summed E-state index contributed by atoms with van der Waals surface area (Å²) >= 11 is 1.67. The largest absolute Gasteiger partial charge is 0.491 e. The molecule has 1 unspecified atom stereocenters. The second-order valence-corrected chi connectivity index (χ2v) is 8.14. The maximum Gasteiger partial charge on any atom is 0.297 e. The minimum absolute atomic E-state index is 0.0458. The van der Waals surface area contributed by atoms with Gasteiger partial charge in [-0.25, -0.2) is 4.98 Å². The monoisotopic (exact) mass is 390 g/mol. The molecule has 2 heterocycles. The smallest absolute Gasteiger partial charge is 0.297 e. The molecule has 3 rings (SSSR count). The van der Waals surface area contributed by atoms with E-state index in [2.05, 4.69) is 15.2 Å². The summed E-state index contributed by atoms with van der Waals surface area (Å²) in [6.07, 6.45) is 1.93. The van der Waals surface area contributed by atoms with Gasteiger partial charge in [0.15, 0.2) is 0 Å². The molecule has 9 heteroatoms. The number of thiazole rings is 1. The highest BCUT2D eigenvalue weighted by molar-refractivity contribution is 7.18. The van der Waals surface area contributed by atoms with E-state index in [1.165, 1.54) is 0 Å². The molecular weight excluding hydrogens is 363 g/mol. The van der Waals surface area contributed by atoms with Crippen molar-refractivity contribution in [2.75, 3.05) is 33.0 Å². The van der Waals surface area contributed by atoms with Gasteiger partial charge in [-0.2, -0.15) is 0 Å². The van der Waals surface area contributed by atoms with Gasteiger partial charge in [-0.15, -0.1) is 11.3 Å². The molecule has 146 valence electrons. The first-order valence-corrected chi connectivity index (χ1v) is 10.2. The Hall–Kier alpha value is -1.68. The number of benzene rings is 1. The van der Waals surface area contributed by atoms with E-state index in [1.807, 2.05) is 25.1 Å². The number of amides is 1. The van der Waals surface area contributed by atoms with Crippen LogP contribution in [-0.2, 0) is 9.45 Å². The van der Waals surface area contributed by atoms with Gasteiger partial charge < -0.3 is 25.3 Å². The third-order valence-corrected chi connectivity index (χ3v) is 5.62. The van der Waals surface area contributed by atoms with Crippen molar-refractivity contribution in [2.45, 2.75) is 32.5 Å². The van der Waals surface area contributed by atoms with Crippen LogP contribution in [-0.4, -0.2) is 61.7 Å². The quantitative estimate of drug-likeness (QED) is 0.527. The van der Waals surface area contributed by atoms with Crippen LogP contribution in [0, 0.1) is 6.92 Å². The average molecular weight is 390 g/mol. The number of nitrogens with one attached hydrogen (secondary N) is 1. The van der Waals surface area contributed by atoms with E-state index in [9.17, 15) is 4.79 Å². The number of fused-ring (bicyclic) bond motifs is 1. The third-order valence-electron chi connectivity index (χ3n) is 4.67. The number of carbonyl (C=O) groups is 1. The summed E-state index contributed by atoms with van der Waals surface area (Å²) in [7, 11) is 0. The van der Waals surface area contributed by atoms with Crippen LogP contribution in [0.3, 0.4) is 0 Å².